The molecule has 0 fully saturated rings. The van der Waals surface area contributed by atoms with Gasteiger partial charge in [0.05, 0.1) is 12.2 Å². The molecule has 16 heavy (non-hydrogen) atoms. The van der Waals surface area contributed by atoms with Crippen molar-refractivity contribution in [2.24, 2.45) is 0 Å². The molecule has 0 radical (unpaired) electrons. The molecule has 0 saturated carbocycles. The molecule has 5 nitrogen and oxygen atoms in total. The third-order valence-corrected chi connectivity index (χ3v) is 2.33. The van der Waals surface area contributed by atoms with Gasteiger partial charge in [-0.15, -0.1) is 0 Å². The Kier molecular flexibility index (Phi) is 4.91. The van der Waals surface area contributed by atoms with Gasteiger partial charge in [-0.3, -0.25) is 9.59 Å². The zero-order valence-corrected chi connectivity index (χ0v) is 10.3. The van der Waals surface area contributed by atoms with Crippen molar-refractivity contribution < 1.29 is 14.3 Å². The summed E-state index contributed by atoms with van der Waals surface area (Å²) in [7, 11) is 0. The average Bonchev–Trinajstić information content (AvgIpc) is 2.27. The molecule has 0 aliphatic heterocycles. The van der Waals surface area contributed by atoms with Crippen LogP contribution in [0.4, 0.5) is 0 Å². The average molecular weight is 287 g/mol. The maximum Gasteiger partial charge on any atom is 0.325 e. The molecular formula is C10H11BrN2O3. The maximum atomic E-state index is 11.6. The van der Waals surface area contributed by atoms with Crippen molar-refractivity contribution in [3.8, 4) is 0 Å². The summed E-state index contributed by atoms with van der Waals surface area (Å²) in [4.78, 5) is 26.5. The lowest BCUT2D eigenvalue weighted by Crippen LogP contribution is -2.30. The summed E-state index contributed by atoms with van der Waals surface area (Å²) in [5.41, 5.74) is 0.381. The molecule has 1 N–H and O–H groups in total. The van der Waals surface area contributed by atoms with E-state index >= 15 is 0 Å². The molecule has 0 spiro atoms. The van der Waals surface area contributed by atoms with Crippen molar-refractivity contribution >= 4 is 27.8 Å². The first-order valence-electron chi connectivity index (χ1n) is 4.69. The van der Waals surface area contributed by atoms with Crippen LogP contribution in [0.3, 0.4) is 0 Å². The number of halogens is 1. The van der Waals surface area contributed by atoms with E-state index in [1.165, 1.54) is 0 Å². The van der Waals surface area contributed by atoms with Crippen LogP contribution in [-0.4, -0.2) is 30.0 Å². The maximum absolute atomic E-state index is 11.6. The molecule has 86 valence electrons. The van der Waals surface area contributed by atoms with Crippen LogP contribution in [0.5, 0.6) is 0 Å². The Bertz CT molecular complexity index is 395. The molecule has 0 aliphatic carbocycles. The fraction of sp³-hybridized carbons (Fsp3) is 0.300. The Balaban J connectivity index is 2.54. The largest absolute Gasteiger partial charge is 0.465 e. The number of rotatable bonds is 4. The van der Waals surface area contributed by atoms with E-state index in [1.807, 2.05) is 0 Å². The van der Waals surface area contributed by atoms with E-state index in [-0.39, 0.29) is 12.5 Å². The van der Waals surface area contributed by atoms with Gasteiger partial charge in [-0.2, -0.15) is 0 Å². The van der Waals surface area contributed by atoms with Gasteiger partial charge in [0.2, 0.25) is 0 Å². The van der Waals surface area contributed by atoms with Crippen LogP contribution in [0.1, 0.15) is 17.3 Å². The van der Waals surface area contributed by atoms with Crippen molar-refractivity contribution in [3.05, 3.63) is 28.5 Å². The molecule has 0 unspecified atom stereocenters. The summed E-state index contributed by atoms with van der Waals surface area (Å²) in [6, 6.07) is 3.25. The molecule has 6 heteroatoms. The van der Waals surface area contributed by atoms with Gasteiger partial charge in [-0.1, -0.05) is 0 Å². The molecule has 1 amide bonds. The van der Waals surface area contributed by atoms with Crippen molar-refractivity contribution in [1.82, 2.24) is 10.3 Å². The number of hydrogen-bond donors (Lipinski definition) is 1. The van der Waals surface area contributed by atoms with Crippen molar-refractivity contribution in [2.75, 3.05) is 13.2 Å². The number of nitrogens with zero attached hydrogens (tertiary/aromatic N) is 1. The number of hydrogen-bond acceptors (Lipinski definition) is 4. The van der Waals surface area contributed by atoms with Crippen LogP contribution in [0.25, 0.3) is 0 Å². The molecule has 1 aromatic heterocycles. The minimum Gasteiger partial charge on any atom is -0.465 e. The molecule has 0 bridgehead atoms. The SMILES string of the molecule is CCOC(=O)CNC(=O)c1cccnc1Br. The number of aromatic nitrogens is 1. The second-order valence-corrected chi connectivity index (χ2v) is 3.58. The van der Waals surface area contributed by atoms with E-state index in [2.05, 4.69) is 31.0 Å². The minimum atomic E-state index is -0.462. The number of esters is 1. The molecule has 1 aromatic rings. The first-order chi connectivity index (χ1) is 7.65. The highest BCUT2D eigenvalue weighted by Gasteiger charge is 2.11. The predicted octanol–water partition coefficient (Wildman–Crippen LogP) is 1.14. The Labute approximate surface area is 101 Å². The molecule has 0 aliphatic rings. The quantitative estimate of drug-likeness (QED) is 0.666. The van der Waals surface area contributed by atoms with Gasteiger partial charge in [0.25, 0.3) is 5.91 Å². The van der Waals surface area contributed by atoms with E-state index in [1.54, 1.807) is 25.3 Å². The van der Waals surface area contributed by atoms with Crippen molar-refractivity contribution in [2.45, 2.75) is 6.92 Å². The van der Waals surface area contributed by atoms with E-state index in [0.717, 1.165) is 0 Å². The minimum absolute atomic E-state index is 0.145. The first-order valence-corrected chi connectivity index (χ1v) is 5.48. The van der Waals surface area contributed by atoms with Gasteiger partial charge in [0.15, 0.2) is 0 Å². The molecule has 1 heterocycles. The molecule has 0 aromatic carbocycles. The molecule has 1 rings (SSSR count). The molecular weight excluding hydrogens is 276 g/mol. The Morgan fingerprint density at radius 1 is 1.56 bits per heavy atom. The summed E-state index contributed by atoms with van der Waals surface area (Å²) in [5.74, 6) is -0.830. The first kappa shape index (κ1) is 12.6. The van der Waals surface area contributed by atoms with Gasteiger partial charge in [0, 0.05) is 6.20 Å². The van der Waals surface area contributed by atoms with Crippen LogP contribution in [0, 0.1) is 0 Å². The summed E-state index contributed by atoms with van der Waals surface area (Å²) in [6.45, 7) is 1.86. The smallest absolute Gasteiger partial charge is 0.325 e. The molecule has 0 atom stereocenters. The second kappa shape index (κ2) is 6.22. The molecule has 0 saturated heterocycles. The van der Waals surface area contributed by atoms with Crippen molar-refractivity contribution in [1.29, 1.82) is 0 Å². The van der Waals surface area contributed by atoms with Crippen LogP contribution < -0.4 is 5.32 Å². The van der Waals surface area contributed by atoms with Crippen LogP contribution >= 0.6 is 15.9 Å². The normalized spacial score (nSPS) is 9.62. The fourth-order valence-corrected chi connectivity index (χ4v) is 1.45. The number of carbonyl (C=O) groups excluding carboxylic acids is 2. The fourth-order valence-electron chi connectivity index (χ4n) is 1.02. The van der Waals surface area contributed by atoms with Crippen LogP contribution in [0.15, 0.2) is 22.9 Å². The lowest BCUT2D eigenvalue weighted by atomic mass is 10.3. The van der Waals surface area contributed by atoms with E-state index in [0.29, 0.717) is 16.8 Å². The second-order valence-electron chi connectivity index (χ2n) is 2.83. The van der Waals surface area contributed by atoms with Crippen molar-refractivity contribution in [3.63, 3.8) is 0 Å². The highest BCUT2D eigenvalue weighted by molar-refractivity contribution is 9.10. The van der Waals surface area contributed by atoms with Gasteiger partial charge in [0.1, 0.15) is 11.1 Å². The standard InChI is InChI=1S/C10H11BrN2O3/c1-2-16-8(14)6-13-10(15)7-4-3-5-12-9(7)11/h3-5H,2,6H2,1H3,(H,13,15). The van der Waals surface area contributed by atoms with Gasteiger partial charge >= 0.3 is 5.97 Å². The number of carbonyl (C=O) groups is 2. The van der Waals surface area contributed by atoms with Crippen LogP contribution in [0.2, 0.25) is 0 Å². The number of ether oxygens (including phenoxy) is 1. The third kappa shape index (κ3) is 3.62. The van der Waals surface area contributed by atoms with E-state index < -0.39 is 5.97 Å². The third-order valence-electron chi connectivity index (χ3n) is 1.70. The Morgan fingerprint density at radius 3 is 2.94 bits per heavy atom. The highest BCUT2D eigenvalue weighted by Crippen LogP contribution is 2.11. The van der Waals surface area contributed by atoms with Crippen LogP contribution in [-0.2, 0) is 9.53 Å². The lowest BCUT2D eigenvalue weighted by Gasteiger charge is -2.05. The van der Waals surface area contributed by atoms with E-state index in [4.69, 9.17) is 0 Å². The number of pyridine rings is 1. The number of amides is 1. The predicted molar refractivity (Wildman–Crippen MR) is 60.9 cm³/mol. The zero-order chi connectivity index (χ0) is 12.0. The Morgan fingerprint density at radius 2 is 2.31 bits per heavy atom. The number of nitrogens with one attached hydrogen (secondary N) is 1. The monoisotopic (exact) mass is 286 g/mol. The zero-order valence-electron chi connectivity index (χ0n) is 8.70. The lowest BCUT2D eigenvalue weighted by molar-refractivity contribution is -0.141. The summed E-state index contributed by atoms with van der Waals surface area (Å²) >= 11 is 3.15. The van der Waals surface area contributed by atoms with Gasteiger partial charge in [-0.05, 0) is 35.0 Å². The van der Waals surface area contributed by atoms with Gasteiger partial charge < -0.3 is 10.1 Å². The summed E-state index contributed by atoms with van der Waals surface area (Å²) in [5, 5.41) is 2.44. The topological polar surface area (TPSA) is 68.3 Å². The van der Waals surface area contributed by atoms with E-state index in [9.17, 15) is 9.59 Å². The highest BCUT2D eigenvalue weighted by atomic mass is 79.9. The summed E-state index contributed by atoms with van der Waals surface area (Å²) in [6.07, 6.45) is 1.56. The Hall–Kier alpha value is -1.43. The van der Waals surface area contributed by atoms with Gasteiger partial charge in [-0.25, -0.2) is 4.98 Å². The summed E-state index contributed by atoms with van der Waals surface area (Å²) < 4.78 is 5.12.